The smallest absolute Gasteiger partial charge is 0.191 e. The Morgan fingerprint density at radius 3 is 2.80 bits per heavy atom. The van der Waals surface area contributed by atoms with Crippen LogP contribution in [-0.4, -0.2) is 37.0 Å². The van der Waals surface area contributed by atoms with Crippen molar-refractivity contribution >= 4 is 5.96 Å². The van der Waals surface area contributed by atoms with Gasteiger partial charge in [0.2, 0.25) is 0 Å². The molecule has 0 saturated heterocycles. The fraction of sp³-hybridized carbons (Fsp3) is 0.294. The fourth-order valence-corrected chi connectivity index (χ4v) is 2.35. The third-order valence-corrected chi connectivity index (χ3v) is 3.67. The van der Waals surface area contributed by atoms with Gasteiger partial charge in [0, 0.05) is 38.4 Å². The molecule has 3 heterocycles. The average Bonchev–Trinajstić information content (AvgIpc) is 3.29. The van der Waals surface area contributed by atoms with Crippen molar-refractivity contribution in [2.45, 2.75) is 20.0 Å². The minimum absolute atomic E-state index is 0.553. The second-order valence-corrected chi connectivity index (χ2v) is 5.47. The highest BCUT2D eigenvalue weighted by molar-refractivity contribution is 5.79. The van der Waals surface area contributed by atoms with Gasteiger partial charge in [0.25, 0.3) is 0 Å². The molecular weight excluding hydrogens is 316 g/mol. The zero-order valence-electron chi connectivity index (χ0n) is 14.4. The maximum absolute atomic E-state index is 4.64. The lowest BCUT2D eigenvalue weighted by Crippen LogP contribution is -2.37. The normalized spacial score (nSPS) is 11.5. The summed E-state index contributed by atoms with van der Waals surface area (Å²) in [5.41, 5.74) is 2.16. The van der Waals surface area contributed by atoms with E-state index in [1.807, 2.05) is 49.1 Å². The van der Waals surface area contributed by atoms with Crippen LogP contribution in [0.5, 0.6) is 0 Å². The van der Waals surface area contributed by atoms with Gasteiger partial charge >= 0.3 is 0 Å². The maximum atomic E-state index is 4.64. The molecule has 2 N–H and O–H groups in total. The van der Waals surface area contributed by atoms with E-state index in [9.17, 15) is 0 Å². The van der Waals surface area contributed by atoms with Crippen LogP contribution in [0.25, 0.3) is 5.82 Å². The molecule has 0 aliphatic rings. The van der Waals surface area contributed by atoms with Gasteiger partial charge < -0.3 is 10.6 Å². The first-order valence-electron chi connectivity index (χ1n) is 8.20. The number of aliphatic imine (C=N–C) groups is 1. The predicted molar refractivity (Wildman–Crippen MR) is 96.2 cm³/mol. The lowest BCUT2D eigenvalue weighted by molar-refractivity contribution is 0.685. The summed E-state index contributed by atoms with van der Waals surface area (Å²) >= 11 is 0. The first-order valence-corrected chi connectivity index (χ1v) is 8.20. The largest absolute Gasteiger partial charge is 0.357 e. The van der Waals surface area contributed by atoms with Gasteiger partial charge in [-0.05, 0) is 36.8 Å². The minimum atomic E-state index is 0.553. The van der Waals surface area contributed by atoms with Crippen LogP contribution in [0.2, 0.25) is 0 Å². The van der Waals surface area contributed by atoms with Gasteiger partial charge in [-0.2, -0.15) is 10.2 Å². The average molecular weight is 338 g/mol. The summed E-state index contributed by atoms with van der Waals surface area (Å²) in [7, 11) is 1.93. The van der Waals surface area contributed by atoms with Crippen LogP contribution in [0.15, 0.2) is 54.0 Å². The van der Waals surface area contributed by atoms with Crippen molar-refractivity contribution in [1.82, 2.24) is 35.2 Å². The summed E-state index contributed by atoms with van der Waals surface area (Å²) < 4.78 is 3.58. The number of hydrogen-bond donors (Lipinski definition) is 2. The van der Waals surface area contributed by atoms with Crippen LogP contribution in [0.3, 0.4) is 0 Å². The number of hydrogen-bond acceptors (Lipinski definition) is 4. The van der Waals surface area contributed by atoms with Gasteiger partial charge in [0.1, 0.15) is 0 Å². The third-order valence-electron chi connectivity index (χ3n) is 3.67. The van der Waals surface area contributed by atoms with Crippen LogP contribution in [-0.2, 0) is 20.1 Å². The first-order chi connectivity index (χ1) is 12.3. The maximum Gasteiger partial charge on any atom is 0.191 e. The van der Waals surface area contributed by atoms with Crippen molar-refractivity contribution in [3.63, 3.8) is 0 Å². The van der Waals surface area contributed by atoms with E-state index < -0.39 is 0 Å². The van der Waals surface area contributed by atoms with E-state index in [0.717, 1.165) is 29.6 Å². The SMILES string of the molecule is CCNC(=NCc1ccnc(-n2cccn2)c1)NCc1ccnn1C. The number of nitrogens with one attached hydrogen (secondary N) is 2. The van der Waals surface area contributed by atoms with Gasteiger partial charge in [-0.3, -0.25) is 4.68 Å². The van der Waals surface area contributed by atoms with E-state index in [2.05, 4.69) is 30.8 Å². The van der Waals surface area contributed by atoms with Crippen LogP contribution < -0.4 is 10.6 Å². The topological polar surface area (TPSA) is 84.9 Å². The Morgan fingerprint density at radius 1 is 1.16 bits per heavy atom. The second-order valence-electron chi connectivity index (χ2n) is 5.47. The highest BCUT2D eigenvalue weighted by Gasteiger charge is 2.03. The van der Waals surface area contributed by atoms with Crippen molar-refractivity contribution < 1.29 is 0 Å². The molecule has 3 rings (SSSR count). The predicted octanol–water partition coefficient (Wildman–Crippen LogP) is 1.26. The molecule has 3 aromatic rings. The van der Waals surface area contributed by atoms with Gasteiger partial charge in [-0.1, -0.05) is 0 Å². The number of aromatic nitrogens is 5. The molecule has 8 heteroatoms. The van der Waals surface area contributed by atoms with E-state index in [4.69, 9.17) is 0 Å². The lowest BCUT2D eigenvalue weighted by atomic mass is 10.2. The molecule has 130 valence electrons. The summed E-state index contributed by atoms with van der Waals surface area (Å²) in [6.45, 7) is 4.06. The molecule has 0 aliphatic carbocycles. The highest BCUT2D eigenvalue weighted by atomic mass is 15.3. The molecule has 8 nitrogen and oxygen atoms in total. The van der Waals surface area contributed by atoms with Crippen LogP contribution in [0.4, 0.5) is 0 Å². The van der Waals surface area contributed by atoms with Crippen LogP contribution in [0, 0.1) is 0 Å². The Morgan fingerprint density at radius 2 is 2.08 bits per heavy atom. The van der Waals surface area contributed by atoms with Crippen LogP contribution >= 0.6 is 0 Å². The molecule has 0 bridgehead atoms. The molecular formula is C17H22N8. The molecule has 0 unspecified atom stereocenters. The van der Waals surface area contributed by atoms with Crippen molar-refractivity contribution in [3.8, 4) is 5.82 Å². The quantitative estimate of drug-likeness (QED) is 0.522. The van der Waals surface area contributed by atoms with E-state index in [-0.39, 0.29) is 0 Å². The van der Waals surface area contributed by atoms with Crippen molar-refractivity contribution in [2.24, 2.45) is 12.0 Å². The molecule has 0 aromatic carbocycles. The van der Waals surface area contributed by atoms with E-state index in [0.29, 0.717) is 13.1 Å². The Balaban J connectivity index is 1.67. The lowest BCUT2D eigenvalue weighted by Gasteiger charge is -2.11. The monoisotopic (exact) mass is 338 g/mol. The Bertz CT molecular complexity index is 819. The molecule has 25 heavy (non-hydrogen) atoms. The standard InChI is InChI=1S/C17H22N8/c1-3-18-17(21-13-15-6-9-22-24(15)2)20-12-14-5-8-19-16(11-14)25-10-4-7-23-25/h4-11H,3,12-13H2,1-2H3,(H2,18,20,21). The van der Waals surface area contributed by atoms with Crippen molar-refractivity contribution in [2.75, 3.05) is 6.54 Å². The molecule has 0 aliphatic heterocycles. The van der Waals surface area contributed by atoms with Crippen molar-refractivity contribution in [1.29, 1.82) is 0 Å². The zero-order chi connectivity index (χ0) is 17.5. The van der Waals surface area contributed by atoms with Gasteiger partial charge in [-0.15, -0.1) is 0 Å². The number of nitrogens with zero attached hydrogens (tertiary/aromatic N) is 6. The molecule has 0 spiro atoms. The summed E-state index contributed by atoms with van der Waals surface area (Å²) in [5, 5.41) is 14.9. The van der Waals surface area contributed by atoms with Crippen molar-refractivity contribution in [3.05, 3.63) is 60.3 Å². The summed E-state index contributed by atoms with van der Waals surface area (Å²) in [5.74, 6) is 1.55. The summed E-state index contributed by atoms with van der Waals surface area (Å²) in [4.78, 5) is 8.98. The van der Waals surface area contributed by atoms with Crippen LogP contribution in [0.1, 0.15) is 18.2 Å². The number of rotatable bonds is 6. The summed E-state index contributed by atoms with van der Waals surface area (Å²) in [6, 6.07) is 7.80. The first kappa shape index (κ1) is 16.7. The minimum Gasteiger partial charge on any atom is -0.357 e. The number of guanidine groups is 1. The second kappa shape index (κ2) is 8.09. The van der Waals surface area contributed by atoms with Gasteiger partial charge in [0.05, 0.1) is 18.8 Å². The summed E-state index contributed by atoms with van der Waals surface area (Å²) in [6.07, 6.45) is 7.17. The van der Waals surface area contributed by atoms with E-state index >= 15 is 0 Å². The number of aryl methyl sites for hydroxylation is 1. The third kappa shape index (κ3) is 4.43. The van der Waals surface area contributed by atoms with E-state index in [1.165, 1.54) is 0 Å². The van der Waals surface area contributed by atoms with Gasteiger partial charge in [0.15, 0.2) is 11.8 Å². The Kier molecular flexibility index (Phi) is 5.40. The molecule has 0 fully saturated rings. The highest BCUT2D eigenvalue weighted by Crippen LogP contribution is 2.07. The molecule has 0 saturated carbocycles. The molecule has 0 amide bonds. The Labute approximate surface area is 146 Å². The Hall–Kier alpha value is -3.16. The zero-order valence-corrected chi connectivity index (χ0v) is 14.4. The fourth-order valence-electron chi connectivity index (χ4n) is 2.35. The van der Waals surface area contributed by atoms with E-state index in [1.54, 1.807) is 23.3 Å². The molecule has 0 radical (unpaired) electrons. The van der Waals surface area contributed by atoms with Gasteiger partial charge in [-0.25, -0.2) is 14.7 Å². The number of pyridine rings is 1. The molecule has 0 atom stereocenters. The molecule has 3 aromatic heterocycles.